The van der Waals surface area contributed by atoms with Gasteiger partial charge in [0, 0.05) is 43.2 Å². The van der Waals surface area contributed by atoms with Crippen LogP contribution >= 0.6 is 0 Å². The lowest BCUT2D eigenvalue weighted by Gasteiger charge is -2.19. The number of halogens is 1. The highest BCUT2D eigenvalue weighted by Crippen LogP contribution is 2.35. The topological polar surface area (TPSA) is 113 Å². The van der Waals surface area contributed by atoms with Gasteiger partial charge in [-0.15, -0.1) is 0 Å². The summed E-state index contributed by atoms with van der Waals surface area (Å²) in [7, 11) is 6.64. The number of ether oxygens (including phenoxy) is 2. The Kier molecular flexibility index (Phi) is 5.91. The van der Waals surface area contributed by atoms with Crippen molar-refractivity contribution < 1.29 is 23.8 Å². The number of methoxy groups -OCH3 is 2. The Morgan fingerprint density at radius 1 is 1.15 bits per heavy atom. The SMILES string of the molecule is COc1cc2nc(N(C)C)nc(NC(Cc3cc4ccc(F)cc4[nH]3)C(=O)O)c2cc1OC. The van der Waals surface area contributed by atoms with E-state index in [1.165, 1.54) is 26.4 Å². The van der Waals surface area contributed by atoms with Crippen molar-refractivity contribution in [1.29, 1.82) is 0 Å². The molecule has 2 aromatic carbocycles. The largest absolute Gasteiger partial charge is 0.493 e. The highest BCUT2D eigenvalue weighted by molar-refractivity contribution is 5.94. The molecule has 10 heteroatoms. The van der Waals surface area contributed by atoms with E-state index < -0.39 is 12.0 Å². The van der Waals surface area contributed by atoms with E-state index in [4.69, 9.17) is 9.47 Å². The van der Waals surface area contributed by atoms with Crippen molar-refractivity contribution in [3.8, 4) is 11.5 Å². The second kappa shape index (κ2) is 8.81. The van der Waals surface area contributed by atoms with Gasteiger partial charge in [-0.3, -0.25) is 0 Å². The molecule has 0 aliphatic heterocycles. The molecule has 0 saturated heterocycles. The van der Waals surface area contributed by atoms with E-state index in [1.54, 1.807) is 37.2 Å². The van der Waals surface area contributed by atoms with Crippen molar-refractivity contribution >= 4 is 39.5 Å². The zero-order valence-electron chi connectivity index (χ0n) is 18.6. The third kappa shape index (κ3) is 4.45. The molecule has 0 radical (unpaired) electrons. The number of nitrogens with zero attached hydrogens (tertiary/aromatic N) is 3. The molecule has 0 bridgehead atoms. The number of hydrogen-bond donors (Lipinski definition) is 3. The van der Waals surface area contributed by atoms with Crippen LogP contribution in [0.2, 0.25) is 0 Å². The van der Waals surface area contributed by atoms with Gasteiger partial charge in [-0.2, -0.15) is 4.98 Å². The van der Waals surface area contributed by atoms with E-state index in [9.17, 15) is 14.3 Å². The summed E-state index contributed by atoms with van der Waals surface area (Å²) in [6.07, 6.45) is 0.127. The Hall–Kier alpha value is -4.08. The second-order valence-corrected chi connectivity index (χ2v) is 7.76. The Morgan fingerprint density at radius 3 is 2.55 bits per heavy atom. The fourth-order valence-corrected chi connectivity index (χ4v) is 3.61. The van der Waals surface area contributed by atoms with Gasteiger partial charge in [0.25, 0.3) is 0 Å². The molecule has 9 nitrogen and oxygen atoms in total. The van der Waals surface area contributed by atoms with Gasteiger partial charge in [-0.1, -0.05) is 0 Å². The van der Waals surface area contributed by atoms with E-state index in [1.807, 2.05) is 6.07 Å². The van der Waals surface area contributed by atoms with Gasteiger partial charge >= 0.3 is 5.97 Å². The number of rotatable bonds is 8. The minimum atomic E-state index is -1.06. The summed E-state index contributed by atoms with van der Waals surface area (Å²) in [4.78, 5) is 26.0. The van der Waals surface area contributed by atoms with Crippen LogP contribution in [0.3, 0.4) is 0 Å². The van der Waals surface area contributed by atoms with Crippen molar-refractivity contribution in [2.24, 2.45) is 0 Å². The second-order valence-electron chi connectivity index (χ2n) is 7.76. The predicted molar refractivity (Wildman–Crippen MR) is 124 cm³/mol. The maximum atomic E-state index is 13.5. The average molecular weight is 453 g/mol. The Labute approximate surface area is 189 Å². The number of carboxylic acid groups (broad SMARTS) is 1. The van der Waals surface area contributed by atoms with E-state index >= 15 is 0 Å². The molecule has 0 fully saturated rings. The number of hydrogen-bond acceptors (Lipinski definition) is 7. The van der Waals surface area contributed by atoms with Crippen LogP contribution in [0, 0.1) is 5.82 Å². The molecular weight excluding hydrogens is 429 g/mol. The molecule has 0 saturated carbocycles. The first kappa shape index (κ1) is 22.1. The van der Waals surface area contributed by atoms with Crippen LogP contribution in [0.5, 0.6) is 11.5 Å². The number of aliphatic carboxylic acids is 1. The number of benzene rings is 2. The van der Waals surface area contributed by atoms with Crippen LogP contribution in [0.25, 0.3) is 21.8 Å². The molecule has 3 N–H and O–H groups in total. The van der Waals surface area contributed by atoms with Gasteiger partial charge in [-0.25, -0.2) is 14.2 Å². The first-order valence-corrected chi connectivity index (χ1v) is 10.2. The molecule has 2 heterocycles. The Morgan fingerprint density at radius 2 is 1.88 bits per heavy atom. The third-order valence-electron chi connectivity index (χ3n) is 5.26. The fourth-order valence-electron chi connectivity index (χ4n) is 3.61. The summed E-state index contributed by atoms with van der Waals surface area (Å²) in [5.74, 6) is 0.301. The summed E-state index contributed by atoms with van der Waals surface area (Å²) in [6.45, 7) is 0. The zero-order valence-corrected chi connectivity index (χ0v) is 18.6. The molecule has 4 aromatic rings. The van der Waals surface area contributed by atoms with Gasteiger partial charge in [0.05, 0.1) is 19.7 Å². The van der Waals surface area contributed by atoms with Crippen molar-refractivity contribution in [1.82, 2.24) is 15.0 Å². The molecule has 172 valence electrons. The Balaban J connectivity index is 1.75. The smallest absolute Gasteiger partial charge is 0.326 e. The minimum Gasteiger partial charge on any atom is -0.493 e. The molecule has 2 aromatic heterocycles. The van der Waals surface area contributed by atoms with Crippen LogP contribution in [-0.4, -0.2) is 60.4 Å². The number of aromatic amines is 1. The lowest BCUT2D eigenvalue weighted by Crippen LogP contribution is -2.32. The number of aromatic nitrogens is 3. The number of carboxylic acids is 1. The third-order valence-corrected chi connectivity index (χ3v) is 5.26. The van der Waals surface area contributed by atoms with Crippen molar-refractivity contribution in [3.05, 3.63) is 47.9 Å². The quantitative estimate of drug-likeness (QED) is 0.372. The predicted octanol–water partition coefficient (Wildman–Crippen LogP) is 3.44. The number of H-pyrrole nitrogens is 1. The van der Waals surface area contributed by atoms with Crippen LogP contribution in [-0.2, 0) is 11.2 Å². The standard InChI is InChI=1S/C23H24FN5O4/c1-29(2)23-27-17-11-20(33-4)19(32-3)10-15(17)21(28-23)26-18(22(30)31)9-14-7-12-5-6-13(24)8-16(12)25-14/h5-8,10-11,18,25H,9H2,1-4H3,(H,30,31)(H,26,27,28). The van der Waals surface area contributed by atoms with Gasteiger partial charge in [0.15, 0.2) is 11.5 Å². The monoisotopic (exact) mass is 453 g/mol. The van der Waals surface area contributed by atoms with Crippen LogP contribution in [0.15, 0.2) is 36.4 Å². The molecule has 0 aliphatic rings. The Bertz CT molecular complexity index is 1340. The number of carbonyl (C=O) groups is 1. The van der Waals surface area contributed by atoms with Gasteiger partial charge in [0.2, 0.25) is 5.95 Å². The highest BCUT2D eigenvalue weighted by atomic mass is 19.1. The molecule has 33 heavy (non-hydrogen) atoms. The van der Waals surface area contributed by atoms with Crippen molar-refractivity contribution in [2.75, 3.05) is 38.5 Å². The summed E-state index contributed by atoms with van der Waals surface area (Å²) in [5, 5.41) is 14.3. The lowest BCUT2D eigenvalue weighted by molar-refractivity contribution is -0.137. The first-order valence-electron chi connectivity index (χ1n) is 10.2. The average Bonchev–Trinajstić information content (AvgIpc) is 3.18. The molecule has 4 rings (SSSR count). The fraction of sp³-hybridized carbons (Fsp3) is 0.261. The van der Waals surface area contributed by atoms with Crippen molar-refractivity contribution in [3.63, 3.8) is 0 Å². The van der Waals surface area contributed by atoms with Gasteiger partial charge in [-0.05, 0) is 35.7 Å². The van der Waals surface area contributed by atoms with Crippen LogP contribution in [0.1, 0.15) is 5.69 Å². The summed E-state index contributed by atoms with van der Waals surface area (Å²) >= 11 is 0. The van der Waals surface area contributed by atoms with Crippen LogP contribution in [0.4, 0.5) is 16.2 Å². The highest BCUT2D eigenvalue weighted by Gasteiger charge is 2.22. The lowest BCUT2D eigenvalue weighted by atomic mass is 10.1. The molecule has 0 spiro atoms. The number of anilines is 2. The maximum absolute atomic E-state index is 13.5. The summed E-state index contributed by atoms with van der Waals surface area (Å²) < 4.78 is 24.3. The molecule has 0 aliphatic carbocycles. The van der Waals surface area contributed by atoms with Gasteiger partial charge < -0.3 is 29.8 Å². The summed E-state index contributed by atoms with van der Waals surface area (Å²) in [5.41, 5.74) is 1.83. The number of nitrogens with one attached hydrogen (secondary N) is 2. The minimum absolute atomic E-state index is 0.127. The van der Waals surface area contributed by atoms with E-state index in [0.29, 0.717) is 45.4 Å². The maximum Gasteiger partial charge on any atom is 0.326 e. The first-order chi connectivity index (χ1) is 15.8. The van der Waals surface area contributed by atoms with Gasteiger partial charge in [0.1, 0.15) is 17.7 Å². The zero-order chi connectivity index (χ0) is 23.7. The van der Waals surface area contributed by atoms with E-state index in [0.717, 1.165) is 5.39 Å². The normalized spacial score (nSPS) is 12.0. The van der Waals surface area contributed by atoms with E-state index in [-0.39, 0.29) is 12.2 Å². The molecule has 1 unspecified atom stereocenters. The van der Waals surface area contributed by atoms with E-state index in [2.05, 4.69) is 20.3 Å². The molecule has 0 amide bonds. The van der Waals surface area contributed by atoms with Crippen LogP contribution < -0.4 is 19.7 Å². The summed E-state index contributed by atoms with van der Waals surface area (Å²) in [6, 6.07) is 8.62. The molecule has 1 atom stereocenters. The van der Waals surface area contributed by atoms with Crippen molar-refractivity contribution in [2.45, 2.75) is 12.5 Å². The molecular formula is C23H24FN5O4. The number of fused-ring (bicyclic) bond motifs is 2.